The van der Waals surface area contributed by atoms with Crippen LogP contribution in [0, 0.1) is 0 Å². The van der Waals surface area contributed by atoms with Crippen LogP contribution in [0.25, 0.3) is 10.9 Å². The topological polar surface area (TPSA) is 56.2 Å². The van der Waals surface area contributed by atoms with Gasteiger partial charge < -0.3 is 15.2 Å². The van der Waals surface area contributed by atoms with Gasteiger partial charge in [-0.05, 0) is 34.9 Å². The first-order valence-corrected chi connectivity index (χ1v) is 10.8. The molecule has 4 aromatic carbocycles. The molecule has 5 aromatic rings. The molecule has 1 unspecified atom stereocenters. The zero-order valence-corrected chi connectivity index (χ0v) is 18.0. The fraction of sp³-hybridized carbons (Fsp3) is 0.0714. The van der Waals surface area contributed by atoms with Gasteiger partial charge >= 0.3 is 0 Å². The summed E-state index contributed by atoms with van der Waals surface area (Å²) in [6.45, 7) is 0. The van der Waals surface area contributed by atoms with Crippen molar-refractivity contribution in [2.75, 3.05) is 0 Å². The zero-order valence-electron chi connectivity index (χ0n) is 17.2. The smallest absolute Gasteiger partial charge is 0.155 e. The van der Waals surface area contributed by atoms with E-state index in [0.717, 1.165) is 16.5 Å². The van der Waals surface area contributed by atoms with Gasteiger partial charge in [0.25, 0.3) is 0 Å². The highest BCUT2D eigenvalue weighted by Gasteiger charge is 2.39. The van der Waals surface area contributed by atoms with Crippen molar-refractivity contribution in [3.63, 3.8) is 0 Å². The zero-order chi connectivity index (χ0) is 22.1. The number of benzene rings is 4. The summed E-state index contributed by atoms with van der Waals surface area (Å²) in [6, 6.07) is 33.9. The second-order valence-electron chi connectivity index (χ2n) is 7.86. The predicted octanol–water partition coefficient (Wildman–Crippen LogP) is 6.19. The van der Waals surface area contributed by atoms with Crippen LogP contribution in [0.1, 0.15) is 34.1 Å². The molecule has 0 aliphatic carbocycles. The van der Waals surface area contributed by atoms with Gasteiger partial charge in [-0.2, -0.15) is 0 Å². The van der Waals surface area contributed by atoms with Gasteiger partial charge in [-0.15, -0.1) is 0 Å². The monoisotopic (exact) mass is 439 g/mol. The quantitative estimate of drug-likeness (QED) is 0.306. The van der Waals surface area contributed by atoms with Gasteiger partial charge in [0.2, 0.25) is 0 Å². The van der Waals surface area contributed by atoms with Crippen molar-refractivity contribution in [2.24, 2.45) is 0 Å². The third kappa shape index (κ3) is 3.41. The number of aromatic nitrogens is 1. The summed E-state index contributed by atoms with van der Waals surface area (Å²) in [6.07, 6.45) is -0.961. The lowest BCUT2D eigenvalue weighted by atomic mass is 9.80. The van der Waals surface area contributed by atoms with Crippen molar-refractivity contribution in [1.29, 1.82) is 0 Å². The van der Waals surface area contributed by atoms with Crippen LogP contribution in [-0.4, -0.2) is 15.2 Å². The van der Waals surface area contributed by atoms with Gasteiger partial charge in [0.15, 0.2) is 5.60 Å². The van der Waals surface area contributed by atoms with E-state index >= 15 is 0 Å². The molecular formula is C28H22ClNO2. The molecule has 4 heteroatoms. The largest absolute Gasteiger partial charge is 0.384 e. The Bertz CT molecular complexity index is 1310. The minimum Gasteiger partial charge on any atom is -0.384 e. The number of hydrogen-bond donors (Lipinski definition) is 3. The van der Waals surface area contributed by atoms with Crippen molar-refractivity contribution >= 4 is 22.5 Å². The van der Waals surface area contributed by atoms with Crippen LogP contribution in [0.5, 0.6) is 0 Å². The Morgan fingerprint density at radius 3 is 1.81 bits per heavy atom. The van der Waals surface area contributed by atoms with Gasteiger partial charge in [0.1, 0.15) is 6.10 Å². The summed E-state index contributed by atoms with van der Waals surface area (Å²) in [7, 11) is 0. The van der Waals surface area contributed by atoms with E-state index in [9.17, 15) is 10.2 Å². The number of nitrogens with one attached hydrogen (secondary N) is 1. The average molecular weight is 440 g/mol. The highest BCUT2D eigenvalue weighted by Crippen LogP contribution is 2.44. The van der Waals surface area contributed by atoms with Crippen LogP contribution < -0.4 is 0 Å². The van der Waals surface area contributed by atoms with E-state index in [1.165, 1.54) is 0 Å². The molecule has 1 aromatic heterocycles. The molecule has 0 fully saturated rings. The fourth-order valence-corrected chi connectivity index (χ4v) is 4.54. The molecule has 0 aliphatic rings. The lowest BCUT2D eigenvalue weighted by Gasteiger charge is -2.31. The first kappa shape index (κ1) is 20.5. The average Bonchev–Trinajstić information content (AvgIpc) is 3.23. The maximum atomic E-state index is 12.4. The number of aliphatic hydroxyl groups excluding tert-OH is 1. The number of halogens is 1. The fourth-order valence-electron chi connectivity index (χ4n) is 4.37. The van der Waals surface area contributed by atoms with E-state index in [4.69, 9.17) is 11.6 Å². The van der Waals surface area contributed by atoms with E-state index in [0.29, 0.717) is 27.4 Å². The summed E-state index contributed by atoms with van der Waals surface area (Å²) < 4.78 is 0. The number of aromatic amines is 1. The molecule has 158 valence electrons. The lowest BCUT2D eigenvalue weighted by Crippen LogP contribution is -2.31. The van der Waals surface area contributed by atoms with Gasteiger partial charge in [-0.25, -0.2) is 0 Å². The van der Waals surface area contributed by atoms with Crippen molar-refractivity contribution in [1.82, 2.24) is 4.98 Å². The first-order chi connectivity index (χ1) is 15.6. The van der Waals surface area contributed by atoms with Crippen LogP contribution in [0.2, 0.25) is 5.02 Å². The maximum absolute atomic E-state index is 12.4. The second-order valence-corrected chi connectivity index (χ2v) is 8.30. The molecule has 1 atom stereocenters. The number of H-pyrrole nitrogens is 1. The van der Waals surface area contributed by atoms with E-state index in [1.54, 1.807) is 6.07 Å². The molecule has 0 spiro atoms. The third-order valence-corrected chi connectivity index (χ3v) is 6.17. The molecule has 0 bridgehead atoms. The maximum Gasteiger partial charge on any atom is 0.155 e. The second kappa shape index (κ2) is 8.29. The Balaban J connectivity index is 1.86. The standard InChI is InChI=1S/C28H22ClNO2/c29-22-16-17-24-23(18-22)25(26(31)19-10-4-1-5-11-19)27(30-24)28(32,20-12-6-2-7-13-20)21-14-8-3-9-15-21/h1-18,26,30-32H. The van der Waals surface area contributed by atoms with E-state index < -0.39 is 11.7 Å². The molecule has 3 nitrogen and oxygen atoms in total. The Hall–Kier alpha value is -3.37. The molecule has 0 aliphatic heterocycles. The van der Waals surface area contributed by atoms with Crippen molar-refractivity contribution < 1.29 is 10.2 Å². The third-order valence-electron chi connectivity index (χ3n) is 5.93. The SMILES string of the molecule is OC(c1ccccc1)c1c(C(O)(c2ccccc2)c2ccccc2)[nH]c2ccc(Cl)cc12. The van der Waals surface area contributed by atoms with Gasteiger partial charge in [0.05, 0.1) is 5.69 Å². The summed E-state index contributed by atoms with van der Waals surface area (Å²) >= 11 is 6.34. The van der Waals surface area contributed by atoms with Gasteiger partial charge in [0, 0.05) is 21.5 Å². The van der Waals surface area contributed by atoms with Crippen molar-refractivity contribution in [3.05, 3.63) is 142 Å². The molecule has 5 rings (SSSR count). The first-order valence-electron chi connectivity index (χ1n) is 10.5. The number of fused-ring (bicyclic) bond motifs is 1. The summed E-state index contributed by atoms with van der Waals surface area (Å²) in [5, 5.41) is 25.3. The molecule has 0 amide bonds. The van der Waals surface area contributed by atoms with E-state index in [1.807, 2.05) is 103 Å². The minimum absolute atomic E-state index is 0.517. The van der Waals surface area contributed by atoms with Crippen LogP contribution in [0.15, 0.2) is 109 Å². The number of rotatable bonds is 5. The summed E-state index contributed by atoms with van der Waals surface area (Å²) in [5.74, 6) is 0. The molecule has 0 saturated heterocycles. The Morgan fingerprint density at radius 2 is 1.25 bits per heavy atom. The highest BCUT2D eigenvalue weighted by molar-refractivity contribution is 6.31. The van der Waals surface area contributed by atoms with Crippen LogP contribution in [0.3, 0.4) is 0 Å². The molecule has 1 heterocycles. The molecule has 32 heavy (non-hydrogen) atoms. The Labute approximate surface area is 191 Å². The predicted molar refractivity (Wildman–Crippen MR) is 129 cm³/mol. The van der Waals surface area contributed by atoms with E-state index in [2.05, 4.69) is 4.98 Å². The van der Waals surface area contributed by atoms with Crippen molar-refractivity contribution in [2.45, 2.75) is 11.7 Å². The van der Waals surface area contributed by atoms with Gasteiger partial charge in [-0.3, -0.25) is 0 Å². The van der Waals surface area contributed by atoms with E-state index in [-0.39, 0.29) is 0 Å². The minimum atomic E-state index is -1.51. The number of aliphatic hydroxyl groups is 2. The van der Waals surface area contributed by atoms with Crippen LogP contribution in [-0.2, 0) is 5.60 Å². The highest BCUT2D eigenvalue weighted by atomic mass is 35.5. The molecular weight excluding hydrogens is 418 g/mol. The molecule has 0 radical (unpaired) electrons. The van der Waals surface area contributed by atoms with Crippen LogP contribution in [0.4, 0.5) is 0 Å². The molecule has 3 N–H and O–H groups in total. The van der Waals surface area contributed by atoms with Gasteiger partial charge in [-0.1, -0.05) is 103 Å². The van der Waals surface area contributed by atoms with Crippen molar-refractivity contribution in [3.8, 4) is 0 Å². The molecule has 0 saturated carbocycles. The normalized spacial score (nSPS) is 12.7. The lowest BCUT2D eigenvalue weighted by molar-refractivity contribution is 0.116. The Kier molecular flexibility index (Phi) is 5.32. The number of hydrogen-bond acceptors (Lipinski definition) is 2. The Morgan fingerprint density at radius 1 is 0.719 bits per heavy atom. The summed E-state index contributed by atoms with van der Waals surface area (Å²) in [5.41, 5.74) is 2.53. The van der Waals surface area contributed by atoms with Crippen LogP contribution >= 0.6 is 11.6 Å². The summed E-state index contributed by atoms with van der Waals surface area (Å²) in [4.78, 5) is 3.41.